The van der Waals surface area contributed by atoms with E-state index in [1.807, 2.05) is 0 Å². The van der Waals surface area contributed by atoms with Gasteiger partial charge in [0.15, 0.2) is 0 Å². The first-order valence-electron chi connectivity index (χ1n) is 3.66. The summed E-state index contributed by atoms with van der Waals surface area (Å²) in [6.45, 7) is 0.458. The lowest BCUT2D eigenvalue weighted by Gasteiger charge is -2.02. The van der Waals surface area contributed by atoms with Crippen molar-refractivity contribution in [3.05, 3.63) is 35.1 Å². The van der Waals surface area contributed by atoms with Gasteiger partial charge in [-0.3, -0.25) is 4.79 Å². The number of carbonyl (C=O) groups excluding carboxylic acids is 1. The lowest BCUT2D eigenvalue weighted by molar-refractivity contribution is -0.129. The zero-order chi connectivity index (χ0) is 9.68. The summed E-state index contributed by atoms with van der Waals surface area (Å²) in [4.78, 5) is 9.86. The van der Waals surface area contributed by atoms with Crippen molar-refractivity contribution in [3.63, 3.8) is 0 Å². The topological polar surface area (TPSA) is 26.3 Å². The van der Waals surface area contributed by atoms with Gasteiger partial charge in [0, 0.05) is 5.33 Å². The SMILES string of the molecule is O=COCc1ccc(CBr)c(F)c1. The van der Waals surface area contributed by atoms with Crippen LogP contribution in [0, 0.1) is 5.82 Å². The van der Waals surface area contributed by atoms with Crippen molar-refractivity contribution in [1.82, 2.24) is 0 Å². The number of alkyl halides is 1. The average Bonchev–Trinajstić information content (AvgIpc) is 2.15. The quantitative estimate of drug-likeness (QED) is 0.603. The molecule has 4 heteroatoms. The van der Waals surface area contributed by atoms with Crippen molar-refractivity contribution in [3.8, 4) is 0 Å². The fraction of sp³-hybridized carbons (Fsp3) is 0.222. The summed E-state index contributed by atoms with van der Waals surface area (Å²) in [6, 6.07) is 4.75. The van der Waals surface area contributed by atoms with Crippen molar-refractivity contribution in [2.45, 2.75) is 11.9 Å². The van der Waals surface area contributed by atoms with Gasteiger partial charge in [-0.15, -0.1) is 0 Å². The third kappa shape index (κ3) is 2.81. The van der Waals surface area contributed by atoms with Crippen LogP contribution in [-0.2, 0) is 21.5 Å². The average molecular weight is 247 g/mol. The van der Waals surface area contributed by atoms with E-state index < -0.39 is 0 Å². The number of ether oxygens (including phenoxy) is 1. The molecule has 0 saturated heterocycles. The van der Waals surface area contributed by atoms with Crippen LogP contribution in [0.2, 0.25) is 0 Å². The van der Waals surface area contributed by atoms with E-state index in [1.165, 1.54) is 6.07 Å². The van der Waals surface area contributed by atoms with Crippen LogP contribution in [0.3, 0.4) is 0 Å². The molecule has 0 aliphatic rings. The summed E-state index contributed by atoms with van der Waals surface area (Å²) < 4.78 is 17.6. The number of halogens is 2. The van der Waals surface area contributed by atoms with Crippen molar-refractivity contribution >= 4 is 22.4 Å². The normalized spacial score (nSPS) is 9.69. The molecule has 0 amide bonds. The highest BCUT2D eigenvalue weighted by Gasteiger charge is 2.01. The minimum absolute atomic E-state index is 0.114. The minimum Gasteiger partial charge on any atom is -0.463 e. The van der Waals surface area contributed by atoms with E-state index in [4.69, 9.17) is 0 Å². The Hall–Kier alpha value is -0.900. The third-order valence-corrected chi connectivity index (χ3v) is 2.18. The first kappa shape index (κ1) is 10.2. The van der Waals surface area contributed by atoms with Crippen molar-refractivity contribution in [2.24, 2.45) is 0 Å². The Morgan fingerprint density at radius 1 is 1.54 bits per heavy atom. The number of hydrogen-bond donors (Lipinski definition) is 0. The van der Waals surface area contributed by atoms with Crippen molar-refractivity contribution in [2.75, 3.05) is 0 Å². The van der Waals surface area contributed by atoms with Gasteiger partial charge in [-0.2, -0.15) is 0 Å². The third-order valence-electron chi connectivity index (χ3n) is 1.58. The molecule has 0 unspecified atom stereocenters. The van der Waals surface area contributed by atoms with Gasteiger partial charge in [-0.1, -0.05) is 28.1 Å². The molecule has 13 heavy (non-hydrogen) atoms. The summed E-state index contributed by atoms with van der Waals surface area (Å²) in [5, 5.41) is 0.480. The smallest absolute Gasteiger partial charge is 0.293 e. The van der Waals surface area contributed by atoms with Crippen LogP contribution < -0.4 is 0 Å². The highest BCUT2D eigenvalue weighted by molar-refractivity contribution is 9.08. The van der Waals surface area contributed by atoms with Gasteiger partial charge in [0.25, 0.3) is 6.47 Å². The number of rotatable bonds is 4. The largest absolute Gasteiger partial charge is 0.463 e. The van der Waals surface area contributed by atoms with Crippen LogP contribution in [0.25, 0.3) is 0 Å². The Morgan fingerprint density at radius 3 is 2.85 bits per heavy atom. The van der Waals surface area contributed by atoms with E-state index in [2.05, 4.69) is 20.7 Å². The van der Waals surface area contributed by atoms with Gasteiger partial charge < -0.3 is 4.74 Å². The van der Waals surface area contributed by atoms with E-state index in [-0.39, 0.29) is 12.4 Å². The van der Waals surface area contributed by atoms with E-state index in [1.54, 1.807) is 12.1 Å². The molecule has 0 N–H and O–H groups in total. The summed E-state index contributed by atoms with van der Waals surface area (Å²) in [5.74, 6) is -0.288. The van der Waals surface area contributed by atoms with Gasteiger partial charge in [0.1, 0.15) is 12.4 Å². The van der Waals surface area contributed by atoms with E-state index >= 15 is 0 Å². The molecule has 0 saturated carbocycles. The highest BCUT2D eigenvalue weighted by Crippen LogP contribution is 2.13. The summed E-state index contributed by atoms with van der Waals surface area (Å²) in [5.41, 5.74) is 1.24. The Bertz CT molecular complexity index is 302. The lowest BCUT2D eigenvalue weighted by Crippen LogP contribution is -1.93. The summed E-state index contributed by atoms with van der Waals surface area (Å²) in [6.07, 6.45) is 0. The molecule has 0 bridgehead atoms. The first-order valence-corrected chi connectivity index (χ1v) is 4.78. The molecular formula is C9H8BrFO2. The van der Waals surface area contributed by atoms with Gasteiger partial charge in [0.05, 0.1) is 0 Å². The van der Waals surface area contributed by atoms with Crippen LogP contribution in [0.4, 0.5) is 4.39 Å². The molecule has 0 aliphatic heterocycles. The lowest BCUT2D eigenvalue weighted by atomic mass is 10.1. The van der Waals surface area contributed by atoms with Gasteiger partial charge >= 0.3 is 0 Å². The van der Waals surface area contributed by atoms with Gasteiger partial charge in [-0.25, -0.2) is 4.39 Å². The molecule has 0 spiro atoms. The maximum atomic E-state index is 13.1. The molecule has 2 nitrogen and oxygen atoms in total. The summed E-state index contributed by atoms with van der Waals surface area (Å²) in [7, 11) is 0. The van der Waals surface area contributed by atoms with Crippen LogP contribution in [0.15, 0.2) is 18.2 Å². The number of hydrogen-bond acceptors (Lipinski definition) is 2. The van der Waals surface area contributed by atoms with E-state index in [0.717, 1.165) is 0 Å². The van der Waals surface area contributed by atoms with Crippen LogP contribution in [0.5, 0.6) is 0 Å². The molecule has 0 aliphatic carbocycles. The fourth-order valence-corrected chi connectivity index (χ4v) is 1.37. The second-order valence-electron chi connectivity index (χ2n) is 2.47. The molecule has 0 atom stereocenters. The molecular weight excluding hydrogens is 239 g/mol. The van der Waals surface area contributed by atoms with E-state index in [0.29, 0.717) is 22.9 Å². The second kappa shape index (κ2) is 4.97. The second-order valence-corrected chi connectivity index (χ2v) is 3.03. The molecule has 1 aromatic rings. The molecule has 0 heterocycles. The molecule has 1 aromatic carbocycles. The standard InChI is InChI=1S/C9H8BrFO2/c10-4-8-2-1-7(3-9(8)11)5-13-6-12/h1-3,6H,4-5H2. The van der Waals surface area contributed by atoms with Crippen LogP contribution in [-0.4, -0.2) is 6.47 Å². The van der Waals surface area contributed by atoms with Crippen molar-refractivity contribution in [1.29, 1.82) is 0 Å². The Balaban J connectivity index is 2.76. The highest BCUT2D eigenvalue weighted by atomic mass is 79.9. The Morgan fingerprint density at radius 2 is 2.31 bits per heavy atom. The maximum absolute atomic E-state index is 13.1. The number of benzene rings is 1. The van der Waals surface area contributed by atoms with Gasteiger partial charge in [0.2, 0.25) is 0 Å². The van der Waals surface area contributed by atoms with Gasteiger partial charge in [-0.05, 0) is 17.2 Å². The molecule has 70 valence electrons. The Labute approximate surface area is 83.8 Å². The predicted octanol–water partition coefficient (Wildman–Crippen LogP) is 2.39. The maximum Gasteiger partial charge on any atom is 0.293 e. The van der Waals surface area contributed by atoms with Crippen LogP contribution in [0.1, 0.15) is 11.1 Å². The minimum atomic E-state index is -0.288. The van der Waals surface area contributed by atoms with E-state index in [9.17, 15) is 9.18 Å². The van der Waals surface area contributed by atoms with Crippen molar-refractivity contribution < 1.29 is 13.9 Å². The predicted molar refractivity (Wildman–Crippen MR) is 49.9 cm³/mol. The zero-order valence-corrected chi connectivity index (χ0v) is 8.38. The Kier molecular flexibility index (Phi) is 3.89. The monoisotopic (exact) mass is 246 g/mol. The first-order chi connectivity index (χ1) is 6.27. The van der Waals surface area contributed by atoms with Crippen LogP contribution >= 0.6 is 15.9 Å². The zero-order valence-electron chi connectivity index (χ0n) is 6.80. The molecule has 0 radical (unpaired) electrons. The fourth-order valence-electron chi connectivity index (χ4n) is 0.919. The molecule has 1 rings (SSSR count). The summed E-state index contributed by atoms with van der Waals surface area (Å²) >= 11 is 3.16. The number of carbonyl (C=O) groups is 1. The molecule has 0 fully saturated rings. The molecule has 0 aromatic heterocycles.